The molecule has 1 aliphatic heterocycles. The summed E-state index contributed by atoms with van der Waals surface area (Å²) in [7, 11) is 0. The van der Waals surface area contributed by atoms with Crippen molar-refractivity contribution in [2.45, 2.75) is 6.42 Å². The quantitative estimate of drug-likeness (QED) is 0.579. The molecule has 1 fully saturated rings. The first-order valence-corrected chi connectivity index (χ1v) is 4.16. The number of aliphatic hydroxyl groups is 1. The van der Waals surface area contributed by atoms with E-state index in [9.17, 15) is 0 Å². The zero-order chi connectivity index (χ0) is 7.94. The van der Waals surface area contributed by atoms with E-state index in [0.717, 1.165) is 45.4 Å². The molecule has 0 saturated carbocycles. The number of nitrogens with zero attached hydrogens (tertiary/aromatic N) is 1. The zero-order valence-corrected chi connectivity index (χ0v) is 6.79. The van der Waals surface area contributed by atoms with E-state index in [-0.39, 0.29) is 0 Å². The number of rotatable bonds is 3. The molecule has 1 aliphatic rings. The third-order valence-corrected chi connectivity index (χ3v) is 1.93. The van der Waals surface area contributed by atoms with Gasteiger partial charge in [-0.1, -0.05) is 0 Å². The van der Waals surface area contributed by atoms with E-state index in [1.807, 2.05) is 0 Å². The van der Waals surface area contributed by atoms with Crippen LogP contribution in [0.25, 0.3) is 0 Å². The maximum atomic E-state index is 8.38. The minimum Gasteiger partial charge on any atom is -0.516 e. The summed E-state index contributed by atoms with van der Waals surface area (Å²) in [6.45, 7) is 5.54. The first kappa shape index (κ1) is 8.56. The number of hydrogen-bond donors (Lipinski definition) is 2. The van der Waals surface area contributed by atoms with Crippen molar-refractivity contribution in [1.29, 1.82) is 0 Å². The molecule has 0 radical (unpaired) electrons. The summed E-state index contributed by atoms with van der Waals surface area (Å²) in [6, 6.07) is 0. The summed E-state index contributed by atoms with van der Waals surface area (Å²) in [5.41, 5.74) is 0. The van der Waals surface area contributed by atoms with Gasteiger partial charge in [-0.3, -0.25) is 0 Å². The topological polar surface area (TPSA) is 35.5 Å². The highest BCUT2D eigenvalue weighted by atomic mass is 16.2. The molecule has 0 aromatic heterocycles. The van der Waals surface area contributed by atoms with E-state index in [4.69, 9.17) is 5.11 Å². The van der Waals surface area contributed by atoms with Crippen LogP contribution in [0.3, 0.4) is 0 Å². The molecular formula is C8H16N2O. The van der Waals surface area contributed by atoms with Crippen molar-refractivity contribution in [2.75, 3.05) is 32.7 Å². The highest BCUT2D eigenvalue weighted by Gasteiger charge is 2.06. The van der Waals surface area contributed by atoms with Crippen LogP contribution in [0.4, 0.5) is 0 Å². The molecule has 0 unspecified atom stereocenters. The molecular weight excluding hydrogens is 140 g/mol. The second-order valence-electron chi connectivity index (χ2n) is 2.77. The minimum absolute atomic E-state index is 0.955. The van der Waals surface area contributed by atoms with Gasteiger partial charge in [-0.25, -0.2) is 0 Å². The van der Waals surface area contributed by atoms with Crippen molar-refractivity contribution in [1.82, 2.24) is 10.2 Å². The number of nitrogens with one attached hydrogen (secondary N) is 1. The summed E-state index contributed by atoms with van der Waals surface area (Å²) in [6.07, 6.45) is 3.88. The fourth-order valence-corrected chi connectivity index (χ4v) is 1.27. The third kappa shape index (κ3) is 3.39. The lowest BCUT2D eigenvalue weighted by Gasteiger charge is -2.26. The van der Waals surface area contributed by atoms with Gasteiger partial charge in [0.05, 0.1) is 6.26 Å². The Balaban J connectivity index is 2.04. The molecule has 3 heteroatoms. The molecule has 0 atom stereocenters. The first-order valence-electron chi connectivity index (χ1n) is 4.16. The lowest BCUT2D eigenvalue weighted by Crippen LogP contribution is -2.43. The SMILES string of the molecule is OC=CCCN1CCNCC1. The van der Waals surface area contributed by atoms with E-state index >= 15 is 0 Å². The van der Waals surface area contributed by atoms with Crippen LogP contribution in [0.2, 0.25) is 0 Å². The van der Waals surface area contributed by atoms with Crippen LogP contribution < -0.4 is 5.32 Å². The fraction of sp³-hybridized carbons (Fsp3) is 0.750. The average molecular weight is 156 g/mol. The molecule has 0 bridgehead atoms. The highest BCUT2D eigenvalue weighted by molar-refractivity contribution is 4.75. The lowest BCUT2D eigenvalue weighted by molar-refractivity contribution is 0.245. The van der Waals surface area contributed by atoms with Crippen molar-refractivity contribution >= 4 is 0 Å². The highest BCUT2D eigenvalue weighted by Crippen LogP contribution is 1.94. The van der Waals surface area contributed by atoms with Gasteiger partial charge in [0.15, 0.2) is 0 Å². The van der Waals surface area contributed by atoms with Gasteiger partial charge in [0.1, 0.15) is 0 Å². The normalized spacial score (nSPS) is 21.1. The fourth-order valence-electron chi connectivity index (χ4n) is 1.27. The Bertz CT molecular complexity index is 119. The van der Waals surface area contributed by atoms with E-state index in [2.05, 4.69) is 10.2 Å². The maximum Gasteiger partial charge on any atom is 0.0752 e. The van der Waals surface area contributed by atoms with E-state index < -0.39 is 0 Å². The molecule has 1 heterocycles. The average Bonchev–Trinajstić information content (AvgIpc) is 2.07. The van der Waals surface area contributed by atoms with Crippen molar-refractivity contribution < 1.29 is 5.11 Å². The van der Waals surface area contributed by atoms with Crippen LogP contribution >= 0.6 is 0 Å². The molecule has 0 aromatic rings. The van der Waals surface area contributed by atoms with E-state index in [1.54, 1.807) is 6.08 Å². The van der Waals surface area contributed by atoms with E-state index in [0.29, 0.717) is 0 Å². The van der Waals surface area contributed by atoms with Gasteiger partial charge >= 0.3 is 0 Å². The second kappa shape index (κ2) is 5.16. The molecule has 1 rings (SSSR count). The Morgan fingerprint density at radius 1 is 1.36 bits per heavy atom. The predicted octanol–water partition coefficient (Wildman–Crippen LogP) is 0.353. The zero-order valence-electron chi connectivity index (χ0n) is 6.79. The summed E-state index contributed by atoms with van der Waals surface area (Å²) in [5, 5.41) is 11.7. The van der Waals surface area contributed by atoms with Crippen molar-refractivity contribution in [3.8, 4) is 0 Å². The Kier molecular flexibility index (Phi) is 4.01. The first-order chi connectivity index (χ1) is 5.43. The summed E-state index contributed by atoms with van der Waals surface area (Å²) in [5.74, 6) is 0. The third-order valence-electron chi connectivity index (χ3n) is 1.93. The van der Waals surface area contributed by atoms with Gasteiger partial charge in [0.2, 0.25) is 0 Å². The van der Waals surface area contributed by atoms with Crippen molar-refractivity contribution in [3.05, 3.63) is 12.3 Å². The predicted molar refractivity (Wildman–Crippen MR) is 45.7 cm³/mol. The van der Waals surface area contributed by atoms with Gasteiger partial charge in [-0.2, -0.15) is 0 Å². The van der Waals surface area contributed by atoms with Crippen LogP contribution in [0, 0.1) is 0 Å². The van der Waals surface area contributed by atoms with Crippen molar-refractivity contribution in [2.24, 2.45) is 0 Å². The maximum absolute atomic E-state index is 8.38. The van der Waals surface area contributed by atoms with Gasteiger partial charge in [0, 0.05) is 32.7 Å². The smallest absolute Gasteiger partial charge is 0.0752 e. The molecule has 0 amide bonds. The molecule has 2 N–H and O–H groups in total. The summed E-state index contributed by atoms with van der Waals surface area (Å²) >= 11 is 0. The monoisotopic (exact) mass is 156 g/mol. The Morgan fingerprint density at radius 2 is 2.09 bits per heavy atom. The van der Waals surface area contributed by atoms with Crippen molar-refractivity contribution in [3.63, 3.8) is 0 Å². The van der Waals surface area contributed by atoms with Crippen LogP contribution in [0.5, 0.6) is 0 Å². The summed E-state index contributed by atoms with van der Waals surface area (Å²) < 4.78 is 0. The molecule has 3 nitrogen and oxygen atoms in total. The molecule has 0 aliphatic carbocycles. The van der Waals surface area contributed by atoms with E-state index in [1.165, 1.54) is 0 Å². The van der Waals surface area contributed by atoms with Crippen LogP contribution in [-0.4, -0.2) is 42.7 Å². The Morgan fingerprint density at radius 3 is 2.73 bits per heavy atom. The van der Waals surface area contributed by atoms with Crippen LogP contribution in [-0.2, 0) is 0 Å². The second-order valence-corrected chi connectivity index (χ2v) is 2.77. The van der Waals surface area contributed by atoms with Crippen LogP contribution in [0.15, 0.2) is 12.3 Å². The van der Waals surface area contributed by atoms with Gasteiger partial charge in [-0.15, -0.1) is 0 Å². The van der Waals surface area contributed by atoms with Gasteiger partial charge < -0.3 is 15.3 Å². The van der Waals surface area contributed by atoms with Gasteiger partial charge in [0.25, 0.3) is 0 Å². The molecule has 0 aromatic carbocycles. The molecule has 64 valence electrons. The number of aliphatic hydroxyl groups excluding tert-OH is 1. The van der Waals surface area contributed by atoms with Crippen LogP contribution in [0.1, 0.15) is 6.42 Å². The number of piperazine rings is 1. The number of hydrogen-bond acceptors (Lipinski definition) is 3. The largest absolute Gasteiger partial charge is 0.516 e. The Hall–Kier alpha value is -0.540. The lowest BCUT2D eigenvalue weighted by atomic mass is 10.3. The molecule has 1 saturated heterocycles. The standard InChI is InChI=1S/C8H16N2O/c11-8-2-1-5-10-6-3-9-4-7-10/h2,8-9,11H,1,3-7H2. The van der Waals surface area contributed by atoms with Gasteiger partial charge in [-0.05, 0) is 12.5 Å². The molecule has 0 spiro atoms. The Labute approximate surface area is 67.7 Å². The minimum atomic E-state index is 0.955. The molecule has 11 heavy (non-hydrogen) atoms. The summed E-state index contributed by atoms with van der Waals surface area (Å²) in [4.78, 5) is 2.40.